The first-order chi connectivity index (χ1) is 12.1. The third-order valence-corrected chi connectivity index (χ3v) is 4.84. The number of nitrogens with zero attached hydrogens (tertiary/aromatic N) is 2. The second-order valence-corrected chi connectivity index (χ2v) is 6.38. The van der Waals surface area contributed by atoms with E-state index in [-0.39, 0.29) is 24.2 Å². The van der Waals surface area contributed by atoms with Crippen LogP contribution in [0, 0.1) is 5.82 Å². The number of nitrogens with one attached hydrogen (secondary N) is 1. The Bertz CT molecular complexity index is 906. The minimum Gasteiger partial charge on any atom is -0.391 e. The van der Waals surface area contributed by atoms with Crippen LogP contribution in [0.15, 0.2) is 48.5 Å². The highest BCUT2D eigenvalue weighted by Gasteiger charge is 2.32. The van der Waals surface area contributed by atoms with Gasteiger partial charge in [-0.1, -0.05) is 30.3 Å². The molecule has 0 saturated carbocycles. The van der Waals surface area contributed by atoms with Crippen molar-refractivity contribution in [2.45, 2.75) is 18.4 Å². The van der Waals surface area contributed by atoms with Gasteiger partial charge < -0.3 is 10.0 Å². The summed E-state index contributed by atoms with van der Waals surface area (Å²) in [7, 11) is 0. The molecule has 128 valence electrons. The lowest BCUT2D eigenvalue weighted by atomic mass is 9.87. The summed E-state index contributed by atoms with van der Waals surface area (Å²) in [5.74, 6) is -0.578. The van der Waals surface area contributed by atoms with Gasteiger partial charge in [0.25, 0.3) is 5.91 Å². The molecule has 1 fully saturated rings. The van der Waals surface area contributed by atoms with Crippen LogP contribution in [0.5, 0.6) is 0 Å². The largest absolute Gasteiger partial charge is 0.391 e. The third kappa shape index (κ3) is 2.89. The van der Waals surface area contributed by atoms with Gasteiger partial charge in [-0.2, -0.15) is 5.10 Å². The van der Waals surface area contributed by atoms with Crippen molar-refractivity contribution in [2.75, 3.05) is 13.1 Å². The number of halogens is 1. The molecule has 1 amide bonds. The number of aliphatic hydroxyl groups is 1. The van der Waals surface area contributed by atoms with Crippen LogP contribution in [0.2, 0.25) is 0 Å². The van der Waals surface area contributed by atoms with Crippen molar-refractivity contribution in [3.05, 3.63) is 65.6 Å². The number of fused-ring (bicyclic) bond motifs is 1. The van der Waals surface area contributed by atoms with E-state index in [4.69, 9.17) is 0 Å². The van der Waals surface area contributed by atoms with E-state index in [1.807, 2.05) is 24.3 Å². The van der Waals surface area contributed by atoms with Gasteiger partial charge in [-0.25, -0.2) is 4.39 Å². The number of para-hydroxylation sites is 1. The zero-order valence-corrected chi connectivity index (χ0v) is 13.5. The lowest BCUT2D eigenvalue weighted by Gasteiger charge is -2.36. The number of aromatic amines is 1. The zero-order valence-electron chi connectivity index (χ0n) is 13.5. The Balaban J connectivity index is 1.52. The molecule has 1 aromatic heterocycles. The standard InChI is InChI=1S/C19H18FN3O2/c20-13-7-5-12(6-8-13)14-9-10-23(11-17(14)24)19(25)18-15-3-1-2-4-16(15)21-22-18/h1-8,14,17,24H,9-11H2,(H,21,22)/t14-,17+/m0/s1. The molecule has 2 atom stereocenters. The average molecular weight is 339 g/mol. The van der Waals surface area contributed by atoms with Crippen LogP contribution in [0.3, 0.4) is 0 Å². The van der Waals surface area contributed by atoms with E-state index in [0.29, 0.717) is 18.7 Å². The van der Waals surface area contributed by atoms with Gasteiger partial charge in [0, 0.05) is 24.4 Å². The number of likely N-dealkylation sites (tertiary alicyclic amines) is 1. The molecular formula is C19H18FN3O2. The topological polar surface area (TPSA) is 69.2 Å². The minimum absolute atomic E-state index is 0.0967. The molecule has 1 aliphatic heterocycles. The number of benzene rings is 2. The lowest BCUT2D eigenvalue weighted by molar-refractivity contribution is 0.0379. The Morgan fingerprint density at radius 3 is 2.72 bits per heavy atom. The Morgan fingerprint density at radius 2 is 1.96 bits per heavy atom. The molecule has 1 aliphatic rings. The summed E-state index contributed by atoms with van der Waals surface area (Å²) >= 11 is 0. The number of hydrogen-bond acceptors (Lipinski definition) is 3. The minimum atomic E-state index is -0.687. The normalized spacial score (nSPS) is 20.8. The molecule has 2 N–H and O–H groups in total. The number of rotatable bonds is 2. The van der Waals surface area contributed by atoms with Gasteiger partial charge in [0.2, 0.25) is 0 Å². The molecule has 0 bridgehead atoms. The van der Waals surface area contributed by atoms with Crippen molar-refractivity contribution in [2.24, 2.45) is 0 Å². The van der Waals surface area contributed by atoms with Crippen molar-refractivity contribution in [1.29, 1.82) is 0 Å². The number of hydrogen-bond donors (Lipinski definition) is 2. The maximum Gasteiger partial charge on any atom is 0.275 e. The first-order valence-corrected chi connectivity index (χ1v) is 8.29. The van der Waals surface area contributed by atoms with Gasteiger partial charge in [0.15, 0.2) is 5.69 Å². The fourth-order valence-electron chi connectivity index (χ4n) is 3.49. The molecule has 0 unspecified atom stereocenters. The molecule has 6 heteroatoms. The van der Waals surface area contributed by atoms with E-state index >= 15 is 0 Å². The Labute approximate surface area is 144 Å². The summed E-state index contributed by atoms with van der Waals surface area (Å²) in [6.07, 6.45) is -0.0608. The van der Waals surface area contributed by atoms with Crippen LogP contribution in [-0.4, -0.2) is 45.3 Å². The van der Waals surface area contributed by atoms with E-state index < -0.39 is 6.10 Å². The average Bonchev–Trinajstić information content (AvgIpc) is 3.06. The Morgan fingerprint density at radius 1 is 1.20 bits per heavy atom. The number of aliphatic hydroxyl groups excluding tert-OH is 1. The molecule has 2 aromatic carbocycles. The Hall–Kier alpha value is -2.73. The molecule has 0 radical (unpaired) electrons. The van der Waals surface area contributed by atoms with Crippen LogP contribution >= 0.6 is 0 Å². The Kier molecular flexibility index (Phi) is 3.97. The van der Waals surface area contributed by atoms with Gasteiger partial charge >= 0.3 is 0 Å². The van der Waals surface area contributed by atoms with Gasteiger partial charge in [-0.3, -0.25) is 9.89 Å². The van der Waals surface area contributed by atoms with E-state index in [1.54, 1.807) is 17.0 Å². The number of carbonyl (C=O) groups excluding carboxylic acids is 1. The van der Waals surface area contributed by atoms with E-state index in [0.717, 1.165) is 16.5 Å². The summed E-state index contributed by atoms with van der Waals surface area (Å²) < 4.78 is 13.1. The maximum absolute atomic E-state index is 13.1. The van der Waals surface area contributed by atoms with Gasteiger partial charge in [-0.15, -0.1) is 0 Å². The summed E-state index contributed by atoms with van der Waals surface area (Å²) in [6.45, 7) is 0.765. The van der Waals surface area contributed by atoms with Gasteiger partial charge in [0.05, 0.1) is 11.6 Å². The first kappa shape index (κ1) is 15.8. The van der Waals surface area contributed by atoms with Crippen molar-refractivity contribution >= 4 is 16.8 Å². The van der Waals surface area contributed by atoms with Crippen molar-refractivity contribution in [3.8, 4) is 0 Å². The van der Waals surface area contributed by atoms with Crippen LogP contribution in [0.1, 0.15) is 28.4 Å². The van der Waals surface area contributed by atoms with Crippen LogP contribution in [-0.2, 0) is 0 Å². The number of piperidine rings is 1. The summed E-state index contributed by atoms with van der Waals surface area (Å²) in [4.78, 5) is 14.4. The van der Waals surface area contributed by atoms with E-state index in [9.17, 15) is 14.3 Å². The SMILES string of the molecule is O=C(c1n[nH]c2ccccc12)N1CC[C@@H](c2ccc(F)cc2)[C@H](O)C1. The smallest absolute Gasteiger partial charge is 0.275 e. The predicted molar refractivity (Wildman–Crippen MR) is 91.8 cm³/mol. The fourth-order valence-corrected chi connectivity index (χ4v) is 3.49. The predicted octanol–water partition coefficient (Wildman–Crippen LogP) is 2.69. The van der Waals surface area contributed by atoms with E-state index in [1.165, 1.54) is 12.1 Å². The quantitative estimate of drug-likeness (QED) is 0.754. The second kappa shape index (κ2) is 6.29. The van der Waals surface area contributed by atoms with Crippen molar-refractivity contribution < 1.29 is 14.3 Å². The summed E-state index contributed by atoms with van der Waals surface area (Å²) in [6, 6.07) is 13.7. The number of amides is 1. The van der Waals surface area contributed by atoms with Crippen LogP contribution in [0.25, 0.3) is 10.9 Å². The molecule has 1 saturated heterocycles. The zero-order chi connectivity index (χ0) is 17.4. The molecule has 2 heterocycles. The van der Waals surface area contributed by atoms with E-state index in [2.05, 4.69) is 10.2 Å². The second-order valence-electron chi connectivity index (χ2n) is 6.38. The van der Waals surface area contributed by atoms with Crippen LogP contribution in [0.4, 0.5) is 4.39 Å². The molecule has 0 aliphatic carbocycles. The van der Waals surface area contributed by atoms with Crippen molar-refractivity contribution in [1.82, 2.24) is 15.1 Å². The highest BCUT2D eigenvalue weighted by Crippen LogP contribution is 2.29. The molecule has 0 spiro atoms. The number of β-amino-alcohol motifs (C(OH)–C–C–N with tert-alkyl or cyclic N) is 1. The fraction of sp³-hybridized carbons (Fsp3) is 0.263. The van der Waals surface area contributed by atoms with Crippen LogP contribution < -0.4 is 0 Å². The molecule has 5 nitrogen and oxygen atoms in total. The first-order valence-electron chi connectivity index (χ1n) is 8.29. The number of H-pyrrole nitrogens is 1. The number of aromatic nitrogens is 2. The molecular weight excluding hydrogens is 321 g/mol. The number of carbonyl (C=O) groups is 1. The highest BCUT2D eigenvalue weighted by molar-refractivity contribution is 6.04. The summed E-state index contributed by atoms with van der Waals surface area (Å²) in [5.41, 5.74) is 2.09. The van der Waals surface area contributed by atoms with Gasteiger partial charge in [0.1, 0.15) is 5.82 Å². The lowest BCUT2D eigenvalue weighted by Crippen LogP contribution is -2.45. The molecule has 4 rings (SSSR count). The molecule has 3 aromatic rings. The summed E-state index contributed by atoms with van der Waals surface area (Å²) in [5, 5.41) is 18.3. The monoisotopic (exact) mass is 339 g/mol. The third-order valence-electron chi connectivity index (χ3n) is 4.84. The highest BCUT2D eigenvalue weighted by atomic mass is 19.1. The maximum atomic E-state index is 13.1. The van der Waals surface area contributed by atoms with Crippen molar-refractivity contribution in [3.63, 3.8) is 0 Å². The molecule has 25 heavy (non-hydrogen) atoms. The van der Waals surface area contributed by atoms with Gasteiger partial charge in [-0.05, 0) is 30.2 Å².